The Morgan fingerprint density at radius 1 is 1.00 bits per heavy atom. The first-order valence-electron chi connectivity index (χ1n) is 11.3. The highest BCUT2D eigenvalue weighted by atomic mass is 16.5. The summed E-state index contributed by atoms with van der Waals surface area (Å²) in [5, 5.41) is 2.94. The number of rotatable bonds is 13. The van der Waals surface area contributed by atoms with E-state index in [0.717, 1.165) is 35.5 Å². The number of methoxy groups -OCH3 is 1. The lowest BCUT2D eigenvalue weighted by molar-refractivity contribution is -0.140. The molecule has 0 aliphatic carbocycles. The van der Waals surface area contributed by atoms with E-state index in [1.807, 2.05) is 55.5 Å². The molecule has 0 aliphatic rings. The molecule has 0 aromatic heterocycles. The first-order valence-corrected chi connectivity index (χ1v) is 11.3. The predicted octanol–water partition coefficient (Wildman–Crippen LogP) is 4.50. The largest absolute Gasteiger partial charge is 0.497 e. The van der Waals surface area contributed by atoms with Crippen molar-refractivity contribution in [2.75, 3.05) is 20.3 Å². The number of unbranched alkanes of at least 4 members (excludes halogenated alkanes) is 1. The molecule has 0 saturated carbocycles. The smallest absolute Gasteiger partial charge is 0.242 e. The van der Waals surface area contributed by atoms with E-state index in [-0.39, 0.29) is 11.8 Å². The summed E-state index contributed by atoms with van der Waals surface area (Å²) in [5.74, 6) is 1.33. The highest BCUT2D eigenvalue weighted by Gasteiger charge is 2.25. The highest BCUT2D eigenvalue weighted by Crippen LogP contribution is 2.18. The second kappa shape index (κ2) is 13.4. The first kappa shape index (κ1) is 25.2. The van der Waals surface area contributed by atoms with Gasteiger partial charge in [-0.2, -0.15) is 0 Å². The molecule has 0 aliphatic heterocycles. The van der Waals surface area contributed by atoms with Crippen molar-refractivity contribution < 1.29 is 19.1 Å². The molecule has 0 heterocycles. The van der Waals surface area contributed by atoms with Crippen molar-refractivity contribution in [3.8, 4) is 11.5 Å². The fourth-order valence-electron chi connectivity index (χ4n) is 3.24. The van der Waals surface area contributed by atoms with Crippen LogP contribution in [0.25, 0.3) is 0 Å². The van der Waals surface area contributed by atoms with Crippen molar-refractivity contribution in [3.63, 3.8) is 0 Å². The van der Waals surface area contributed by atoms with Crippen LogP contribution in [0, 0.1) is 6.92 Å². The summed E-state index contributed by atoms with van der Waals surface area (Å²) >= 11 is 0. The van der Waals surface area contributed by atoms with Gasteiger partial charge >= 0.3 is 0 Å². The summed E-state index contributed by atoms with van der Waals surface area (Å²) in [6.45, 7) is 7.35. The Hall–Kier alpha value is -3.02. The van der Waals surface area contributed by atoms with E-state index >= 15 is 0 Å². The zero-order chi connectivity index (χ0) is 23.3. The second-order valence-electron chi connectivity index (χ2n) is 7.96. The Balaban J connectivity index is 1.95. The Morgan fingerprint density at radius 3 is 2.28 bits per heavy atom. The maximum Gasteiger partial charge on any atom is 0.242 e. The summed E-state index contributed by atoms with van der Waals surface area (Å²) < 4.78 is 10.9. The topological polar surface area (TPSA) is 67.9 Å². The average molecular weight is 441 g/mol. The molecule has 0 spiro atoms. The highest BCUT2D eigenvalue weighted by molar-refractivity contribution is 5.87. The molecule has 2 aromatic rings. The normalized spacial score (nSPS) is 11.5. The monoisotopic (exact) mass is 440 g/mol. The molecule has 174 valence electrons. The summed E-state index contributed by atoms with van der Waals surface area (Å²) in [7, 11) is 1.62. The predicted molar refractivity (Wildman–Crippen MR) is 127 cm³/mol. The third-order valence-electron chi connectivity index (χ3n) is 5.33. The molecule has 1 N–H and O–H groups in total. The van der Waals surface area contributed by atoms with E-state index in [9.17, 15) is 9.59 Å². The van der Waals surface area contributed by atoms with Crippen molar-refractivity contribution in [3.05, 3.63) is 59.7 Å². The van der Waals surface area contributed by atoms with Crippen LogP contribution >= 0.6 is 0 Å². The molecule has 0 unspecified atom stereocenters. The van der Waals surface area contributed by atoms with Gasteiger partial charge in [0.1, 0.15) is 17.5 Å². The van der Waals surface area contributed by atoms with E-state index in [4.69, 9.17) is 9.47 Å². The fraction of sp³-hybridized carbons (Fsp3) is 0.462. The van der Waals surface area contributed by atoms with Crippen LogP contribution in [0.1, 0.15) is 50.7 Å². The van der Waals surface area contributed by atoms with Crippen molar-refractivity contribution in [1.29, 1.82) is 0 Å². The molecule has 2 rings (SSSR count). The maximum absolute atomic E-state index is 13.1. The van der Waals surface area contributed by atoms with Crippen LogP contribution < -0.4 is 14.8 Å². The van der Waals surface area contributed by atoms with E-state index in [1.165, 1.54) is 0 Å². The van der Waals surface area contributed by atoms with E-state index in [2.05, 4.69) is 12.2 Å². The molecule has 6 nitrogen and oxygen atoms in total. The number of hydrogen-bond donors (Lipinski definition) is 1. The molecule has 1 atom stereocenters. The van der Waals surface area contributed by atoms with Gasteiger partial charge in [-0.3, -0.25) is 9.59 Å². The van der Waals surface area contributed by atoms with Crippen LogP contribution in [0.5, 0.6) is 11.5 Å². The molecule has 2 aromatic carbocycles. The van der Waals surface area contributed by atoms with Crippen molar-refractivity contribution in [2.45, 2.75) is 59.0 Å². The molecule has 6 heteroatoms. The van der Waals surface area contributed by atoms with Crippen LogP contribution in [0.4, 0.5) is 0 Å². The lowest BCUT2D eigenvalue weighted by atomic mass is 10.1. The van der Waals surface area contributed by atoms with Gasteiger partial charge in [-0.15, -0.1) is 0 Å². The number of carbonyl (C=O) groups excluding carboxylic acids is 2. The van der Waals surface area contributed by atoms with Gasteiger partial charge in [0, 0.05) is 19.5 Å². The van der Waals surface area contributed by atoms with Gasteiger partial charge in [0.05, 0.1) is 13.7 Å². The second-order valence-corrected chi connectivity index (χ2v) is 7.96. The Morgan fingerprint density at radius 2 is 1.66 bits per heavy atom. The minimum absolute atomic E-state index is 0.0537. The number of benzene rings is 2. The number of nitrogens with zero attached hydrogens (tertiary/aromatic N) is 1. The summed E-state index contributed by atoms with van der Waals surface area (Å²) in [5.41, 5.74) is 2.17. The Bertz CT molecular complexity index is 834. The number of amides is 2. The lowest BCUT2D eigenvalue weighted by Gasteiger charge is -2.29. The van der Waals surface area contributed by atoms with Crippen LogP contribution in [-0.2, 0) is 16.1 Å². The summed E-state index contributed by atoms with van der Waals surface area (Å²) in [6, 6.07) is 14.9. The van der Waals surface area contributed by atoms with Crippen LogP contribution in [-0.4, -0.2) is 43.0 Å². The zero-order valence-electron chi connectivity index (χ0n) is 19.7. The number of ether oxygens (including phenoxy) is 2. The van der Waals surface area contributed by atoms with Crippen molar-refractivity contribution >= 4 is 11.8 Å². The van der Waals surface area contributed by atoms with Gasteiger partial charge in [-0.25, -0.2) is 0 Å². The zero-order valence-corrected chi connectivity index (χ0v) is 19.7. The molecule has 0 saturated heterocycles. The van der Waals surface area contributed by atoms with Crippen molar-refractivity contribution in [2.24, 2.45) is 0 Å². The van der Waals surface area contributed by atoms with E-state index < -0.39 is 6.04 Å². The van der Waals surface area contributed by atoms with Gasteiger partial charge in [-0.1, -0.05) is 43.2 Å². The minimum atomic E-state index is -0.539. The number of carbonyl (C=O) groups is 2. The van der Waals surface area contributed by atoms with E-state index in [1.54, 1.807) is 18.9 Å². The van der Waals surface area contributed by atoms with Crippen LogP contribution in [0.3, 0.4) is 0 Å². The standard InChI is InChI=1S/C26H36N2O4/c1-5-6-17-27-26(30)21(3)28(19-22-11-9-20(2)10-12-22)25(29)8-7-18-32-24-15-13-23(31-4)14-16-24/h9-16,21H,5-8,17-19H2,1-4H3,(H,27,30)/t21-/m1/s1. The quantitative estimate of drug-likeness (QED) is 0.466. The number of hydrogen-bond acceptors (Lipinski definition) is 4. The minimum Gasteiger partial charge on any atom is -0.497 e. The van der Waals surface area contributed by atoms with E-state index in [0.29, 0.717) is 32.5 Å². The summed E-state index contributed by atoms with van der Waals surface area (Å²) in [6.07, 6.45) is 2.82. The molecule has 0 bridgehead atoms. The van der Waals surface area contributed by atoms with Gasteiger partial charge < -0.3 is 19.7 Å². The number of aryl methyl sites for hydroxylation is 1. The fourth-order valence-corrected chi connectivity index (χ4v) is 3.24. The van der Waals surface area contributed by atoms with Gasteiger partial charge in [-0.05, 0) is 56.5 Å². The number of nitrogens with one attached hydrogen (secondary N) is 1. The molecular formula is C26H36N2O4. The molecule has 32 heavy (non-hydrogen) atoms. The molecule has 2 amide bonds. The van der Waals surface area contributed by atoms with Crippen molar-refractivity contribution in [1.82, 2.24) is 10.2 Å². The summed E-state index contributed by atoms with van der Waals surface area (Å²) in [4.78, 5) is 27.4. The van der Waals surface area contributed by atoms with Crippen LogP contribution in [0.15, 0.2) is 48.5 Å². The first-order chi connectivity index (χ1) is 15.4. The average Bonchev–Trinajstić information content (AvgIpc) is 2.81. The Kier molecular flexibility index (Phi) is 10.6. The van der Waals surface area contributed by atoms with Gasteiger partial charge in [0.25, 0.3) is 0 Å². The molecular weight excluding hydrogens is 404 g/mol. The third kappa shape index (κ3) is 8.25. The van der Waals surface area contributed by atoms with Crippen LogP contribution in [0.2, 0.25) is 0 Å². The molecule has 0 fully saturated rings. The Labute approximate surface area is 191 Å². The lowest BCUT2D eigenvalue weighted by Crippen LogP contribution is -2.47. The van der Waals surface area contributed by atoms with Gasteiger partial charge in [0.2, 0.25) is 11.8 Å². The third-order valence-corrected chi connectivity index (χ3v) is 5.33. The van der Waals surface area contributed by atoms with Gasteiger partial charge in [0.15, 0.2) is 0 Å². The molecule has 0 radical (unpaired) electrons. The maximum atomic E-state index is 13.1. The SMILES string of the molecule is CCCCNC(=O)[C@@H](C)N(Cc1ccc(C)cc1)C(=O)CCCOc1ccc(OC)cc1.